The minimum atomic E-state index is 0.460. The lowest BCUT2D eigenvalue weighted by molar-refractivity contribution is -0.120. The molecule has 2 saturated carbocycles. The summed E-state index contributed by atoms with van der Waals surface area (Å²) in [7, 11) is 0. The second-order valence-electron chi connectivity index (χ2n) is 12.6. The van der Waals surface area contributed by atoms with Crippen molar-refractivity contribution in [2.24, 2.45) is 29.6 Å². The van der Waals surface area contributed by atoms with Gasteiger partial charge in [0.05, 0.1) is 0 Å². The fourth-order valence-electron chi connectivity index (χ4n) is 7.76. The molecule has 0 aromatic heterocycles. The number of fused-ring (bicyclic) bond motifs is 1. The van der Waals surface area contributed by atoms with Crippen molar-refractivity contribution in [3.05, 3.63) is 0 Å². The predicted molar refractivity (Wildman–Crippen MR) is 154 cm³/mol. The van der Waals surface area contributed by atoms with E-state index in [-0.39, 0.29) is 0 Å². The van der Waals surface area contributed by atoms with E-state index in [1.807, 2.05) is 13.8 Å². The zero-order valence-electron chi connectivity index (χ0n) is 24.8. The Hall–Kier alpha value is -0.820. The third-order valence-corrected chi connectivity index (χ3v) is 9.72. The van der Waals surface area contributed by atoms with E-state index in [0.717, 1.165) is 120 Å². The average molecular weight is 519 g/mol. The molecular weight excluding hydrogens is 460 g/mol. The number of carbonyl (C=O) groups excluding carboxylic acids is 2. The first-order valence-electron chi connectivity index (χ1n) is 15.8. The highest BCUT2D eigenvalue weighted by atomic mass is 16.1. The number of nitrogens with one attached hydrogen (secondary N) is 2. The molecule has 4 aliphatic rings. The summed E-state index contributed by atoms with van der Waals surface area (Å²) in [6.45, 7) is 19.1. The molecule has 0 amide bonds. The highest BCUT2D eigenvalue weighted by Gasteiger charge is 2.46. The van der Waals surface area contributed by atoms with Crippen LogP contribution >= 0.6 is 0 Å². The molecule has 37 heavy (non-hydrogen) atoms. The van der Waals surface area contributed by atoms with E-state index in [2.05, 4.69) is 41.2 Å². The van der Waals surface area contributed by atoms with Gasteiger partial charge in [-0.15, -0.1) is 0 Å². The van der Waals surface area contributed by atoms with Gasteiger partial charge in [-0.25, -0.2) is 0 Å². The summed E-state index contributed by atoms with van der Waals surface area (Å²) >= 11 is 0. The summed E-state index contributed by atoms with van der Waals surface area (Å²) in [5.41, 5.74) is 0. The molecule has 0 aromatic carbocycles. The summed E-state index contributed by atoms with van der Waals surface area (Å²) in [6.07, 6.45) is 9.11. The smallest absolute Gasteiger partial charge is 0.134 e. The number of Topliss-reactive ketones (excluding diaryl/α,β-unsaturated/α-hetero) is 2. The van der Waals surface area contributed by atoms with Gasteiger partial charge < -0.3 is 20.4 Å². The minimum Gasteiger partial charge on any atom is -0.312 e. The van der Waals surface area contributed by atoms with E-state index in [1.54, 1.807) is 0 Å². The molecule has 2 aliphatic heterocycles. The number of piperazine rings is 2. The maximum atomic E-state index is 12.6. The molecule has 0 spiro atoms. The SMILES string of the molecule is CC.CC1CN(CCC(=O)CCC2CC3C(C)CC(CCC(=O)CCN4CCNC(C)C4)C3C2)CCN1. The lowest BCUT2D eigenvalue weighted by atomic mass is 9.86. The van der Waals surface area contributed by atoms with E-state index in [1.165, 1.54) is 19.3 Å². The van der Waals surface area contributed by atoms with Gasteiger partial charge in [-0.2, -0.15) is 0 Å². The Morgan fingerprint density at radius 2 is 1.22 bits per heavy atom. The van der Waals surface area contributed by atoms with Crippen LogP contribution < -0.4 is 10.6 Å². The van der Waals surface area contributed by atoms with Crippen LogP contribution in [0.4, 0.5) is 0 Å². The van der Waals surface area contributed by atoms with Crippen LogP contribution in [0.2, 0.25) is 0 Å². The molecule has 0 bridgehead atoms. The Labute approximate surface area is 228 Å². The summed E-state index contributed by atoms with van der Waals surface area (Å²) < 4.78 is 0. The Balaban J connectivity index is 0.00000186. The second-order valence-corrected chi connectivity index (χ2v) is 12.6. The van der Waals surface area contributed by atoms with Crippen LogP contribution in [0.3, 0.4) is 0 Å². The molecule has 2 aliphatic carbocycles. The fraction of sp³-hybridized carbons (Fsp3) is 0.935. The molecule has 214 valence electrons. The summed E-state index contributed by atoms with van der Waals surface area (Å²) in [4.78, 5) is 30.1. The van der Waals surface area contributed by atoms with E-state index in [0.29, 0.717) is 23.7 Å². The minimum absolute atomic E-state index is 0.460. The molecular formula is C31H58N4O2. The quantitative estimate of drug-likeness (QED) is 0.400. The zero-order chi connectivity index (χ0) is 26.8. The lowest BCUT2D eigenvalue weighted by Gasteiger charge is -2.31. The van der Waals surface area contributed by atoms with Gasteiger partial charge in [0.2, 0.25) is 0 Å². The van der Waals surface area contributed by atoms with Crippen molar-refractivity contribution in [1.82, 2.24) is 20.4 Å². The predicted octanol–water partition coefficient (Wildman–Crippen LogP) is 4.38. The fourth-order valence-corrected chi connectivity index (χ4v) is 7.76. The normalized spacial score (nSPS) is 34.6. The molecule has 4 rings (SSSR count). The van der Waals surface area contributed by atoms with E-state index < -0.39 is 0 Å². The maximum absolute atomic E-state index is 12.6. The van der Waals surface area contributed by atoms with Crippen molar-refractivity contribution in [2.75, 3.05) is 52.4 Å². The van der Waals surface area contributed by atoms with Crippen LogP contribution in [0.25, 0.3) is 0 Å². The van der Waals surface area contributed by atoms with Crippen LogP contribution in [-0.2, 0) is 9.59 Å². The van der Waals surface area contributed by atoms with E-state index in [4.69, 9.17) is 0 Å². The molecule has 6 heteroatoms. The molecule has 2 heterocycles. The van der Waals surface area contributed by atoms with Crippen molar-refractivity contribution < 1.29 is 9.59 Å². The third-order valence-electron chi connectivity index (χ3n) is 9.72. The molecule has 4 fully saturated rings. The van der Waals surface area contributed by atoms with Gasteiger partial charge in [-0.3, -0.25) is 9.59 Å². The van der Waals surface area contributed by atoms with Gasteiger partial charge in [-0.05, 0) is 75.5 Å². The summed E-state index contributed by atoms with van der Waals surface area (Å²) in [5, 5.41) is 6.95. The van der Waals surface area contributed by atoms with E-state index in [9.17, 15) is 9.59 Å². The highest BCUT2D eigenvalue weighted by Crippen LogP contribution is 2.55. The summed E-state index contributed by atoms with van der Waals surface area (Å²) in [5.74, 6) is 4.80. The number of ketones is 2. The molecule has 7 atom stereocenters. The first-order valence-corrected chi connectivity index (χ1v) is 15.8. The summed E-state index contributed by atoms with van der Waals surface area (Å²) in [6, 6.07) is 1.08. The lowest BCUT2D eigenvalue weighted by Crippen LogP contribution is -2.49. The Morgan fingerprint density at radius 1 is 0.703 bits per heavy atom. The molecule has 2 saturated heterocycles. The van der Waals surface area contributed by atoms with Crippen molar-refractivity contribution >= 4 is 11.6 Å². The Kier molecular flexibility index (Phi) is 13.0. The standard InChI is InChI=1S/C29H52N4O2.C2H6/c1-21-16-25(5-7-27(35)9-13-33-15-11-31-23(3)20-33)29-18-24(17-28(21)29)4-6-26(34)8-12-32-14-10-30-22(2)19-32;1-2/h21-25,28-31H,4-20H2,1-3H3;1-2H3. The largest absolute Gasteiger partial charge is 0.312 e. The van der Waals surface area contributed by atoms with Crippen LogP contribution in [0.1, 0.15) is 92.4 Å². The van der Waals surface area contributed by atoms with Gasteiger partial charge in [0.25, 0.3) is 0 Å². The molecule has 0 radical (unpaired) electrons. The average Bonchev–Trinajstić information content (AvgIpc) is 3.45. The van der Waals surface area contributed by atoms with Gasteiger partial charge in [0.15, 0.2) is 0 Å². The van der Waals surface area contributed by atoms with Crippen molar-refractivity contribution in [2.45, 2.75) is 104 Å². The van der Waals surface area contributed by atoms with E-state index >= 15 is 0 Å². The molecule has 0 aromatic rings. The number of rotatable bonds is 12. The number of carbonyl (C=O) groups is 2. The Morgan fingerprint density at radius 3 is 1.76 bits per heavy atom. The Bertz CT molecular complexity index is 701. The van der Waals surface area contributed by atoms with Gasteiger partial charge in [0, 0.05) is 90.1 Å². The topological polar surface area (TPSA) is 64.7 Å². The van der Waals surface area contributed by atoms with Crippen LogP contribution in [0.5, 0.6) is 0 Å². The molecule has 2 N–H and O–H groups in total. The monoisotopic (exact) mass is 518 g/mol. The number of hydrogen-bond acceptors (Lipinski definition) is 6. The number of hydrogen-bond donors (Lipinski definition) is 2. The van der Waals surface area contributed by atoms with Crippen molar-refractivity contribution in [3.8, 4) is 0 Å². The van der Waals surface area contributed by atoms with Gasteiger partial charge >= 0.3 is 0 Å². The third kappa shape index (κ3) is 9.70. The molecule has 7 unspecified atom stereocenters. The number of nitrogens with zero attached hydrogens (tertiary/aromatic N) is 2. The maximum Gasteiger partial charge on any atom is 0.134 e. The van der Waals surface area contributed by atoms with Crippen LogP contribution in [-0.4, -0.2) is 85.8 Å². The first kappa shape index (κ1) is 30.7. The van der Waals surface area contributed by atoms with Gasteiger partial charge in [0.1, 0.15) is 11.6 Å². The van der Waals surface area contributed by atoms with Crippen LogP contribution in [0, 0.1) is 29.6 Å². The molecule has 6 nitrogen and oxygen atoms in total. The van der Waals surface area contributed by atoms with Crippen molar-refractivity contribution in [1.29, 1.82) is 0 Å². The first-order chi connectivity index (χ1) is 17.9. The van der Waals surface area contributed by atoms with Gasteiger partial charge in [-0.1, -0.05) is 20.8 Å². The van der Waals surface area contributed by atoms with Crippen molar-refractivity contribution in [3.63, 3.8) is 0 Å². The highest BCUT2D eigenvalue weighted by molar-refractivity contribution is 5.78. The zero-order valence-corrected chi connectivity index (χ0v) is 24.8. The second kappa shape index (κ2) is 15.7. The van der Waals surface area contributed by atoms with Crippen LogP contribution in [0.15, 0.2) is 0 Å².